The molecule has 0 radical (unpaired) electrons. The number of aromatic amines is 1. The van der Waals surface area contributed by atoms with Gasteiger partial charge in [-0.05, 0) is 49.8 Å². The van der Waals surface area contributed by atoms with E-state index in [1.807, 2.05) is 19.1 Å². The van der Waals surface area contributed by atoms with Crippen molar-refractivity contribution in [3.63, 3.8) is 0 Å². The summed E-state index contributed by atoms with van der Waals surface area (Å²) in [6.45, 7) is 4.51. The van der Waals surface area contributed by atoms with Crippen LogP contribution in [0, 0.1) is 12.8 Å². The highest BCUT2D eigenvalue weighted by atomic mass is 16.3. The molecule has 2 aliphatic carbocycles. The normalized spacial score (nSPS) is 22.0. The third-order valence-corrected chi connectivity index (χ3v) is 5.55. The molecule has 1 N–H and O–H groups in total. The molecule has 0 aromatic carbocycles. The molecule has 2 atom stereocenters. The number of aryl methyl sites for hydroxylation is 1. The van der Waals surface area contributed by atoms with E-state index in [0.717, 1.165) is 41.2 Å². The Morgan fingerprint density at radius 1 is 1.36 bits per heavy atom. The summed E-state index contributed by atoms with van der Waals surface area (Å²) in [6, 6.07) is 3.99. The molecule has 0 saturated heterocycles. The summed E-state index contributed by atoms with van der Waals surface area (Å²) in [6.07, 6.45) is 3.44. The van der Waals surface area contributed by atoms with Gasteiger partial charge in [0.25, 0.3) is 5.91 Å². The first-order valence-corrected chi connectivity index (χ1v) is 9.04. The third kappa shape index (κ3) is 2.81. The summed E-state index contributed by atoms with van der Waals surface area (Å²) in [7, 11) is 1.77. The molecule has 0 spiro atoms. The number of carbonyl (C=O) groups is 2. The lowest BCUT2D eigenvalue weighted by atomic mass is 9.94. The van der Waals surface area contributed by atoms with Crippen LogP contribution in [0.3, 0.4) is 0 Å². The minimum absolute atomic E-state index is 0.0996. The van der Waals surface area contributed by atoms with Crippen molar-refractivity contribution in [2.45, 2.75) is 52.0 Å². The van der Waals surface area contributed by atoms with Crippen LogP contribution in [0.25, 0.3) is 0 Å². The van der Waals surface area contributed by atoms with E-state index in [-0.39, 0.29) is 11.7 Å². The maximum atomic E-state index is 12.8. The Balaban J connectivity index is 1.51. The number of rotatable bonds is 4. The molecule has 5 nitrogen and oxygen atoms in total. The quantitative estimate of drug-likeness (QED) is 0.920. The first kappa shape index (κ1) is 16.2. The van der Waals surface area contributed by atoms with Crippen LogP contribution in [0.1, 0.15) is 75.7 Å². The fourth-order valence-corrected chi connectivity index (χ4v) is 3.88. The predicted molar refractivity (Wildman–Crippen MR) is 93.8 cm³/mol. The molecular weight excluding hydrogens is 316 g/mol. The first-order chi connectivity index (χ1) is 12.0. The van der Waals surface area contributed by atoms with Gasteiger partial charge in [0, 0.05) is 30.6 Å². The lowest BCUT2D eigenvalue weighted by Crippen LogP contribution is -2.27. The Labute approximate surface area is 147 Å². The van der Waals surface area contributed by atoms with Crippen molar-refractivity contribution >= 4 is 11.7 Å². The van der Waals surface area contributed by atoms with E-state index < -0.39 is 0 Å². The predicted octanol–water partition coefficient (Wildman–Crippen LogP) is 3.83. The fourth-order valence-electron chi connectivity index (χ4n) is 3.88. The first-order valence-electron chi connectivity index (χ1n) is 9.04. The standard InChI is InChI=1S/C20H24N2O3/c1-11-9-14(11)17-8-7-13(25-17)10-22(3)20(24)19-12(2)18-15(21-19)5-4-6-16(18)23/h7-8,11,14,21H,4-6,9-10H2,1-3H3. The molecule has 1 fully saturated rings. The van der Waals surface area contributed by atoms with E-state index in [9.17, 15) is 9.59 Å². The van der Waals surface area contributed by atoms with Crippen LogP contribution in [0.2, 0.25) is 0 Å². The summed E-state index contributed by atoms with van der Waals surface area (Å²) in [5.74, 6) is 3.11. The van der Waals surface area contributed by atoms with Crippen molar-refractivity contribution in [1.82, 2.24) is 9.88 Å². The molecule has 0 bridgehead atoms. The smallest absolute Gasteiger partial charge is 0.270 e. The van der Waals surface area contributed by atoms with E-state index in [1.165, 1.54) is 6.42 Å². The van der Waals surface area contributed by atoms with Gasteiger partial charge >= 0.3 is 0 Å². The van der Waals surface area contributed by atoms with Crippen LogP contribution in [0.5, 0.6) is 0 Å². The lowest BCUT2D eigenvalue weighted by Gasteiger charge is -2.15. The maximum absolute atomic E-state index is 12.8. The van der Waals surface area contributed by atoms with Crippen molar-refractivity contribution in [3.8, 4) is 0 Å². The molecule has 132 valence electrons. The van der Waals surface area contributed by atoms with Crippen LogP contribution in [0.4, 0.5) is 0 Å². The van der Waals surface area contributed by atoms with Gasteiger partial charge in [0.2, 0.25) is 0 Å². The zero-order valence-electron chi connectivity index (χ0n) is 15.0. The van der Waals surface area contributed by atoms with Gasteiger partial charge in [0.1, 0.15) is 17.2 Å². The summed E-state index contributed by atoms with van der Waals surface area (Å²) in [5.41, 5.74) is 2.95. The highest BCUT2D eigenvalue weighted by Gasteiger charge is 2.36. The molecule has 4 rings (SSSR count). The van der Waals surface area contributed by atoms with Crippen molar-refractivity contribution in [1.29, 1.82) is 0 Å². The molecule has 2 heterocycles. The van der Waals surface area contributed by atoms with Crippen molar-refractivity contribution < 1.29 is 14.0 Å². The Bertz CT molecular complexity index is 845. The highest BCUT2D eigenvalue weighted by molar-refractivity contribution is 6.04. The van der Waals surface area contributed by atoms with Gasteiger partial charge in [0.05, 0.1) is 6.54 Å². The summed E-state index contributed by atoms with van der Waals surface area (Å²) in [5, 5.41) is 0. The highest BCUT2D eigenvalue weighted by Crippen LogP contribution is 2.47. The van der Waals surface area contributed by atoms with E-state index in [2.05, 4.69) is 11.9 Å². The Morgan fingerprint density at radius 3 is 2.80 bits per heavy atom. The summed E-state index contributed by atoms with van der Waals surface area (Å²) >= 11 is 0. The maximum Gasteiger partial charge on any atom is 0.270 e. The number of amides is 1. The number of furan rings is 1. The SMILES string of the molecule is Cc1c(C(=O)N(C)Cc2ccc(C3CC3C)o2)[nH]c2c1C(=O)CCC2. The minimum Gasteiger partial charge on any atom is -0.464 e. The van der Waals surface area contributed by atoms with E-state index in [0.29, 0.717) is 30.5 Å². The number of hydrogen-bond donors (Lipinski definition) is 1. The number of H-pyrrole nitrogens is 1. The average molecular weight is 340 g/mol. The van der Waals surface area contributed by atoms with Gasteiger partial charge in [-0.1, -0.05) is 6.92 Å². The number of nitrogens with zero attached hydrogens (tertiary/aromatic N) is 1. The van der Waals surface area contributed by atoms with Gasteiger partial charge < -0.3 is 14.3 Å². The summed E-state index contributed by atoms with van der Waals surface area (Å²) < 4.78 is 5.91. The molecule has 1 amide bonds. The van der Waals surface area contributed by atoms with Gasteiger partial charge in [-0.15, -0.1) is 0 Å². The van der Waals surface area contributed by atoms with E-state index >= 15 is 0 Å². The second-order valence-electron chi connectivity index (χ2n) is 7.54. The van der Waals surface area contributed by atoms with E-state index in [4.69, 9.17) is 4.42 Å². The molecule has 2 aliphatic rings. The fraction of sp³-hybridized carbons (Fsp3) is 0.500. The minimum atomic E-state index is -0.0996. The number of hydrogen-bond acceptors (Lipinski definition) is 3. The number of aromatic nitrogens is 1. The van der Waals surface area contributed by atoms with Crippen molar-refractivity contribution in [2.75, 3.05) is 7.05 Å². The molecule has 2 aromatic heterocycles. The third-order valence-electron chi connectivity index (χ3n) is 5.55. The van der Waals surface area contributed by atoms with Crippen LogP contribution in [0.15, 0.2) is 16.5 Å². The number of carbonyl (C=O) groups excluding carboxylic acids is 2. The van der Waals surface area contributed by atoms with E-state index in [1.54, 1.807) is 11.9 Å². The molecule has 25 heavy (non-hydrogen) atoms. The lowest BCUT2D eigenvalue weighted by molar-refractivity contribution is 0.0768. The van der Waals surface area contributed by atoms with Gasteiger partial charge in [0.15, 0.2) is 5.78 Å². The molecule has 1 saturated carbocycles. The molecule has 2 aromatic rings. The van der Waals surface area contributed by atoms with Crippen molar-refractivity contribution in [3.05, 3.63) is 46.2 Å². The van der Waals surface area contributed by atoms with Crippen LogP contribution in [-0.4, -0.2) is 28.6 Å². The number of Topliss-reactive ketones (excluding diaryl/α,β-unsaturated/α-hetero) is 1. The number of nitrogens with one attached hydrogen (secondary N) is 1. The summed E-state index contributed by atoms with van der Waals surface area (Å²) in [4.78, 5) is 29.8. The Hall–Kier alpha value is -2.30. The van der Waals surface area contributed by atoms with Crippen LogP contribution >= 0.6 is 0 Å². The Kier molecular flexibility index (Phi) is 3.82. The second kappa shape index (κ2) is 5.90. The largest absolute Gasteiger partial charge is 0.464 e. The topological polar surface area (TPSA) is 66.3 Å². The average Bonchev–Trinajstić information content (AvgIpc) is 2.99. The molecule has 2 unspecified atom stereocenters. The zero-order chi connectivity index (χ0) is 17.7. The van der Waals surface area contributed by atoms with Crippen LogP contribution in [-0.2, 0) is 13.0 Å². The van der Waals surface area contributed by atoms with Gasteiger partial charge in [-0.25, -0.2) is 0 Å². The van der Waals surface area contributed by atoms with Gasteiger partial charge in [-0.3, -0.25) is 9.59 Å². The zero-order valence-corrected chi connectivity index (χ0v) is 15.0. The monoisotopic (exact) mass is 340 g/mol. The molecule has 5 heteroatoms. The molecular formula is C20H24N2O3. The number of fused-ring (bicyclic) bond motifs is 1. The van der Waals surface area contributed by atoms with Gasteiger partial charge in [-0.2, -0.15) is 0 Å². The second-order valence-corrected chi connectivity index (χ2v) is 7.54. The molecule has 0 aliphatic heterocycles. The van der Waals surface area contributed by atoms with Crippen molar-refractivity contribution in [2.24, 2.45) is 5.92 Å². The van der Waals surface area contributed by atoms with Crippen LogP contribution < -0.4 is 0 Å². The Morgan fingerprint density at radius 2 is 2.12 bits per heavy atom. The number of ketones is 1.